The van der Waals surface area contributed by atoms with E-state index in [1.54, 1.807) is 7.05 Å². The van der Waals surface area contributed by atoms with Crippen molar-refractivity contribution in [2.24, 2.45) is 0 Å². The van der Waals surface area contributed by atoms with Crippen LogP contribution in [0.15, 0.2) is 53.4 Å². The van der Waals surface area contributed by atoms with Gasteiger partial charge >= 0.3 is 0 Å². The van der Waals surface area contributed by atoms with Crippen molar-refractivity contribution in [1.82, 2.24) is 4.90 Å². The molecular formula is C20H19NO3S2. The van der Waals surface area contributed by atoms with Gasteiger partial charge in [0.2, 0.25) is 0 Å². The molecule has 1 fully saturated rings. The summed E-state index contributed by atoms with van der Waals surface area (Å²) in [6.07, 6.45) is 1.82. The number of para-hydroxylation sites is 1. The lowest BCUT2D eigenvalue weighted by Gasteiger charge is -2.11. The van der Waals surface area contributed by atoms with Crippen LogP contribution in [0.4, 0.5) is 0 Å². The van der Waals surface area contributed by atoms with Gasteiger partial charge in [0.05, 0.1) is 4.91 Å². The Bertz CT molecular complexity index is 846. The van der Waals surface area contributed by atoms with Crippen molar-refractivity contribution in [1.29, 1.82) is 0 Å². The van der Waals surface area contributed by atoms with Crippen molar-refractivity contribution < 1.29 is 14.3 Å². The summed E-state index contributed by atoms with van der Waals surface area (Å²) in [4.78, 5) is 14.2. The summed E-state index contributed by atoms with van der Waals surface area (Å²) in [7, 11) is 1.68. The lowest BCUT2D eigenvalue weighted by molar-refractivity contribution is -0.121. The average Bonchev–Trinajstić information content (AvgIpc) is 2.88. The normalized spacial score (nSPS) is 15.6. The molecule has 0 atom stereocenters. The fourth-order valence-electron chi connectivity index (χ4n) is 2.36. The Morgan fingerprint density at radius 2 is 1.77 bits per heavy atom. The predicted octanol–water partition coefficient (Wildman–Crippen LogP) is 4.28. The molecule has 0 unspecified atom stereocenters. The molecule has 2 aromatic carbocycles. The second kappa shape index (κ2) is 8.38. The third-order valence-corrected chi connectivity index (χ3v) is 5.31. The van der Waals surface area contributed by atoms with E-state index in [2.05, 4.69) is 0 Å². The number of thiocarbonyl (C=S) groups is 1. The highest BCUT2D eigenvalue weighted by molar-refractivity contribution is 8.26. The second-order valence-electron chi connectivity index (χ2n) is 5.79. The monoisotopic (exact) mass is 385 g/mol. The first-order chi connectivity index (χ1) is 12.5. The smallest absolute Gasteiger partial charge is 0.265 e. The first-order valence-electron chi connectivity index (χ1n) is 8.17. The maximum atomic E-state index is 12.2. The van der Waals surface area contributed by atoms with Crippen molar-refractivity contribution in [3.63, 3.8) is 0 Å². The topological polar surface area (TPSA) is 38.8 Å². The summed E-state index contributed by atoms with van der Waals surface area (Å²) in [6, 6.07) is 15.5. The van der Waals surface area contributed by atoms with Crippen LogP contribution >= 0.6 is 24.0 Å². The van der Waals surface area contributed by atoms with Crippen LogP contribution in [0.3, 0.4) is 0 Å². The molecule has 0 saturated carbocycles. The summed E-state index contributed by atoms with van der Waals surface area (Å²) in [5.41, 5.74) is 2.04. The first kappa shape index (κ1) is 18.5. The minimum Gasteiger partial charge on any atom is -0.490 e. The molecule has 6 heteroatoms. The highest BCUT2D eigenvalue weighted by Crippen LogP contribution is 2.33. The summed E-state index contributed by atoms with van der Waals surface area (Å²) in [5, 5.41) is 0. The van der Waals surface area contributed by atoms with Crippen molar-refractivity contribution in [3.05, 3.63) is 64.6 Å². The van der Waals surface area contributed by atoms with Gasteiger partial charge in [-0.3, -0.25) is 9.69 Å². The van der Waals surface area contributed by atoms with Gasteiger partial charge < -0.3 is 9.47 Å². The molecule has 0 bridgehead atoms. The average molecular weight is 386 g/mol. The largest absolute Gasteiger partial charge is 0.490 e. The zero-order valence-corrected chi connectivity index (χ0v) is 16.2. The van der Waals surface area contributed by atoms with Gasteiger partial charge in [-0.25, -0.2) is 0 Å². The number of likely N-dealkylation sites (N-methyl/N-ethyl adjacent to an activating group) is 1. The molecule has 0 aromatic heterocycles. The van der Waals surface area contributed by atoms with Gasteiger partial charge in [0.1, 0.15) is 29.0 Å². The van der Waals surface area contributed by atoms with Gasteiger partial charge in [-0.1, -0.05) is 59.9 Å². The molecule has 2 aromatic rings. The first-order valence-corrected chi connectivity index (χ1v) is 9.40. The number of aryl methyl sites for hydroxylation is 1. The van der Waals surface area contributed by atoms with Gasteiger partial charge in [-0.2, -0.15) is 0 Å². The Labute approximate surface area is 162 Å². The van der Waals surface area contributed by atoms with Gasteiger partial charge in [0, 0.05) is 12.6 Å². The lowest BCUT2D eigenvalue weighted by Crippen LogP contribution is -2.22. The fourth-order valence-corrected chi connectivity index (χ4v) is 3.53. The standard InChI is InChI=1S/C20H19NO3S2/c1-14-7-9-16(10-8-14)23-11-12-24-17-6-4-3-5-15(17)13-18-19(22)21(2)20(25)26-18/h3-10,13H,11-12H2,1-2H3/b18-13-. The number of carbonyl (C=O) groups excluding carboxylic acids is 1. The quantitative estimate of drug-likeness (QED) is 0.421. The molecule has 0 aliphatic carbocycles. The number of nitrogens with zero attached hydrogens (tertiary/aromatic N) is 1. The zero-order chi connectivity index (χ0) is 18.5. The minimum absolute atomic E-state index is 0.0856. The van der Waals surface area contributed by atoms with Gasteiger partial charge in [0.25, 0.3) is 5.91 Å². The Balaban J connectivity index is 1.62. The van der Waals surface area contributed by atoms with E-state index in [9.17, 15) is 4.79 Å². The maximum Gasteiger partial charge on any atom is 0.265 e. The molecule has 0 spiro atoms. The van der Waals surface area contributed by atoms with E-state index in [4.69, 9.17) is 21.7 Å². The summed E-state index contributed by atoms with van der Waals surface area (Å²) in [5.74, 6) is 1.44. The maximum absolute atomic E-state index is 12.2. The molecule has 0 N–H and O–H groups in total. The number of carbonyl (C=O) groups is 1. The zero-order valence-electron chi connectivity index (χ0n) is 14.6. The van der Waals surface area contributed by atoms with E-state index in [1.807, 2.05) is 61.5 Å². The molecule has 1 heterocycles. The minimum atomic E-state index is -0.0856. The Morgan fingerprint density at radius 3 is 2.46 bits per heavy atom. The van der Waals surface area contributed by atoms with Crippen LogP contribution in [0.25, 0.3) is 6.08 Å². The highest BCUT2D eigenvalue weighted by Gasteiger charge is 2.28. The summed E-state index contributed by atoms with van der Waals surface area (Å²) in [6.45, 7) is 2.89. The molecular weight excluding hydrogens is 366 g/mol. The van der Waals surface area contributed by atoms with E-state index in [0.717, 1.165) is 11.3 Å². The van der Waals surface area contributed by atoms with Crippen LogP contribution in [0.5, 0.6) is 11.5 Å². The molecule has 1 aliphatic rings. The Morgan fingerprint density at radius 1 is 1.08 bits per heavy atom. The number of hydrogen-bond acceptors (Lipinski definition) is 5. The summed E-state index contributed by atoms with van der Waals surface area (Å²) >= 11 is 6.47. The molecule has 4 nitrogen and oxygen atoms in total. The van der Waals surface area contributed by atoms with Crippen molar-refractivity contribution in [3.8, 4) is 11.5 Å². The third kappa shape index (κ3) is 4.45. The summed E-state index contributed by atoms with van der Waals surface area (Å²) < 4.78 is 12.1. The second-order valence-corrected chi connectivity index (χ2v) is 7.46. The molecule has 0 radical (unpaired) electrons. The highest BCUT2D eigenvalue weighted by atomic mass is 32.2. The molecule has 26 heavy (non-hydrogen) atoms. The molecule has 3 rings (SSSR count). The Hall–Kier alpha value is -2.31. The van der Waals surface area contributed by atoms with E-state index in [0.29, 0.717) is 28.2 Å². The SMILES string of the molecule is Cc1ccc(OCCOc2ccccc2/C=C2\SC(=S)N(C)C2=O)cc1. The van der Waals surface area contributed by atoms with Gasteiger partial charge in [-0.05, 0) is 31.2 Å². The van der Waals surface area contributed by atoms with E-state index in [-0.39, 0.29) is 5.91 Å². The van der Waals surface area contributed by atoms with Crippen molar-refractivity contribution >= 4 is 40.3 Å². The number of hydrogen-bond donors (Lipinski definition) is 0. The third-order valence-electron chi connectivity index (χ3n) is 3.82. The van der Waals surface area contributed by atoms with Crippen LogP contribution in [0.1, 0.15) is 11.1 Å². The number of benzene rings is 2. The van der Waals surface area contributed by atoms with Crippen LogP contribution in [-0.2, 0) is 4.79 Å². The van der Waals surface area contributed by atoms with Crippen LogP contribution in [0, 0.1) is 6.92 Å². The predicted molar refractivity (Wildman–Crippen MR) is 110 cm³/mol. The van der Waals surface area contributed by atoms with Crippen molar-refractivity contribution in [2.45, 2.75) is 6.92 Å². The van der Waals surface area contributed by atoms with Crippen LogP contribution in [-0.4, -0.2) is 35.4 Å². The van der Waals surface area contributed by atoms with Crippen LogP contribution < -0.4 is 9.47 Å². The van der Waals surface area contributed by atoms with Crippen LogP contribution in [0.2, 0.25) is 0 Å². The number of thioether (sulfide) groups is 1. The van der Waals surface area contributed by atoms with Crippen molar-refractivity contribution in [2.75, 3.05) is 20.3 Å². The number of ether oxygens (including phenoxy) is 2. The molecule has 1 amide bonds. The number of rotatable bonds is 6. The van der Waals surface area contributed by atoms with E-state index >= 15 is 0 Å². The Kier molecular flexibility index (Phi) is 5.96. The van der Waals surface area contributed by atoms with E-state index < -0.39 is 0 Å². The number of amides is 1. The lowest BCUT2D eigenvalue weighted by atomic mass is 10.2. The molecule has 1 aliphatic heterocycles. The van der Waals surface area contributed by atoms with Gasteiger partial charge in [-0.15, -0.1) is 0 Å². The molecule has 134 valence electrons. The molecule has 1 saturated heterocycles. The van der Waals surface area contributed by atoms with Gasteiger partial charge in [0.15, 0.2) is 0 Å². The fraction of sp³-hybridized carbons (Fsp3) is 0.200. The van der Waals surface area contributed by atoms with E-state index in [1.165, 1.54) is 22.2 Å².